The van der Waals surface area contributed by atoms with Crippen LogP contribution >= 0.6 is 0 Å². The van der Waals surface area contributed by atoms with Crippen LogP contribution in [0.25, 0.3) is 83.7 Å². The van der Waals surface area contributed by atoms with Crippen LogP contribution in [0.15, 0.2) is 162 Å². The van der Waals surface area contributed by atoms with Crippen molar-refractivity contribution >= 4 is 46.4 Å². The summed E-state index contributed by atoms with van der Waals surface area (Å²) in [7, 11) is -1.23. The van der Waals surface area contributed by atoms with Crippen molar-refractivity contribution in [3.8, 4) is 50.6 Å². The first-order valence-electron chi connectivity index (χ1n) is 20.6. The summed E-state index contributed by atoms with van der Waals surface area (Å²) in [6, 6.07) is 52.0. The Morgan fingerprint density at radius 1 is 0.667 bits per heavy atom. The van der Waals surface area contributed by atoms with Crippen molar-refractivity contribution < 1.29 is 33.3 Å². The summed E-state index contributed by atoms with van der Waals surface area (Å²) in [5, 5.41) is 2.21. The molecule has 0 aliphatic rings. The minimum Gasteiger partial charge on any atom is -0.499 e. The van der Waals surface area contributed by atoms with Gasteiger partial charge in [0.1, 0.15) is 17.2 Å². The molecule has 0 fully saturated rings. The normalized spacial score (nSPS) is 11.7. The topological polar surface area (TPSA) is 56.7 Å². The van der Waals surface area contributed by atoms with E-state index in [1.54, 1.807) is 24.4 Å². The number of hydrogen-bond acceptors (Lipinski definition) is 4. The van der Waals surface area contributed by atoms with E-state index in [1.165, 1.54) is 29.5 Å². The molecular formula is C54H44F2IrN4OSi-2. The van der Waals surface area contributed by atoms with Crippen LogP contribution in [0.3, 0.4) is 0 Å². The van der Waals surface area contributed by atoms with Crippen LogP contribution in [0.2, 0.25) is 19.6 Å². The SMILES string of the molecule is CC(C)(C)c1cccc(-c2ccccc2)c1-n1c(-c2[c-]ccc3c2oc2cc(-c4ccc(F)cc4)cnc23)nc2ccc(F)cc21.C[Si](C)(C)c1ccc(-c2[c-]cccc2)nc1.[Ir]. The summed E-state index contributed by atoms with van der Waals surface area (Å²) in [6.07, 6.45) is 3.78. The Kier molecular flexibility index (Phi) is 12.0. The fourth-order valence-corrected chi connectivity index (χ4v) is 8.85. The first kappa shape index (κ1) is 43.3. The van der Waals surface area contributed by atoms with Gasteiger partial charge in [0.2, 0.25) is 0 Å². The molecule has 10 aromatic rings. The molecule has 0 amide bonds. The molecule has 1 radical (unpaired) electrons. The van der Waals surface area contributed by atoms with E-state index >= 15 is 0 Å². The van der Waals surface area contributed by atoms with Gasteiger partial charge in [-0.3, -0.25) is 9.97 Å². The number of furan rings is 1. The van der Waals surface area contributed by atoms with Crippen LogP contribution in [0.4, 0.5) is 8.78 Å². The zero-order valence-electron chi connectivity index (χ0n) is 35.8. The van der Waals surface area contributed by atoms with Gasteiger partial charge in [-0.15, -0.1) is 54.1 Å². The van der Waals surface area contributed by atoms with E-state index in [9.17, 15) is 8.78 Å². The molecule has 0 aliphatic carbocycles. The summed E-state index contributed by atoms with van der Waals surface area (Å²) in [5.74, 6) is -0.0658. The number of imidazole rings is 1. The molecule has 0 saturated carbocycles. The van der Waals surface area contributed by atoms with Crippen molar-refractivity contribution in [2.24, 2.45) is 0 Å². The van der Waals surface area contributed by atoms with E-state index in [0.29, 0.717) is 39.1 Å². The number of rotatable bonds is 6. The Morgan fingerprint density at radius 3 is 2.13 bits per heavy atom. The van der Waals surface area contributed by atoms with Crippen molar-refractivity contribution in [3.05, 3.63) is 187 Å². The van der Waals surface area contributed by atoms with Gasteiger partial charge >= 0.3 is 0 Å². The Morgan fingerprint density at radius 2 is 1.43 bits per heavy atom. The van der Waals surface area contributed by atoms with Gasteiger partial charge in [-0.25, -0.2) is 8.78 Å². The van der Waals surface area contributed by atoms with Crippen LogP contribution in [-0.4, -0.2) is 27.6 Å². The summed E-state index contributed by atoms with van der Waals surface area (Å²) < 4.78 is 37.2. The fraction of sp³-hybridized carbons (Fsp3) is 0.130. The first-order chi connectivity index (χ1) is 29.8. The fourth-order valence-electron chi connectivity index (χ4n) is 7.81. The average Bonchev–Trinajstić information content (AvgIpc) is 3.84. The van der Waals surface area contributed by atoms with Gasteiger partial charge in [0.15, 0.2) is 0 Å². The predicted molar refractivity (Wildman–Crippen MR) is 251 cm³/mol. The minimum absolute atomic E-state index is 0. The van der Waals surface area contributed by atoms with Crippen molar-refractivity contribution in [1.29, 1.82) is 0 Å². The van der Waals surface area contributed by atoms with Gasteiger partial charge in [0.25, 0.3) is 0 Å². The molecule has 10 rings (SSSR count). The van der Waals surface area contributed by atoms with E-state index in [0.717, 1.165) is 50.1 Å². The maximum absolute atomic E-state index is 15.0. The van der Waals surface area contributed by atoms with E-state index in [4.69, 9.17) is 14.4 Å². The smallest absolute Gasteiger partial charge is 0.139 e. The molecule has 0 N–H and O–H groups in total. The molecule has 0 aliphatic heterocycles. The Balaban J connectivity index is 0.000000271. The van der Waals surface area contributed by atoms with Gasteiger partial charge in [-0.2, -0.15) is 0 Å². The third-order valence-corrected chi connectivity index (χ3v) is 13.1. The van der Waals surface area contributed by atoms with Crippen LogP contribution in [0.1, 0.15) is 26.3 Å². The number of fused-ring (bicyclic) bond motifs is 4. The Labute approximate surface area is 380 Å². The van der Waals surface area contributed by atoms with E-state index in [2.05, 4.69) is 105 Å². The molecule has 5 nitrogen and oxygen atoms in total. The van der Waals surface area contributed by atoms with Crippen LogP contribution in [0.5, 0.6) is 0 Å². The molecule has 0 bridgehead atoms. The zero-order valence-corrected chi connectivity index (χ0v) is 39.2. The monoisotopic (exact) mass is 1020 g/mol. The van der Waals surface area contributed by atoms with Crippen molar-refractivity contribution in [3.63, 3.8) is 0 Å². The summed E-state index contributed by atoms with van der Waals surface area (Å²) in [5.41, 5.74) is 11.3. The largest absolute Gasteiger partial charge is 0.499 e. The van der Waals surface area contributed by atoms with E-state index in [-0.39, 0.29) is 37.2 Å². The van der Waals surface area contributed by atoms with Crippen molar-refractivity contribution in [1.82, 2.24) is 19.5 Å². The summed E-state index contributed by atoms with van der Waals surface area (Å²) in [4.78, 5) is 14.4. The van der Waals surface area contributed by atoms with E-state index in [1.807, 2.05) is 66.9 Å². The standard InChI is InChI=1S/C40H28F2N3O.C14H16NSi.Ir/c1-40(2,3)32-14-8-11-29(25-9-5-4-6-10-25)37(32)45-34-22-28(42)19-20-33(34)44-39(45)31-13-7-12-30-36-35(46-38(30)31)21-26(23-43-36)24-15-17-27(41)18-16-24;1-16(2,3)13-9-10-14(15-11-13)12-7-5-4-6-8-12;/h4-12,14-23H,1-3H3;4-7,9-11H,1-3H3;/q2*-1;. The van der Waals surface area contributed by atoms with Crippen molar-refractivity contribution in [2.75, 3.05) is 0 Å². The predicted octanol–water partition coefficient (Wildman–Crippen LogP) is 13.8. The quantitative estimate of drug-likeness (QED) is 0.123. The minimum atomic E-state index is -1.23. The summed E-state index contributed by atoms with van der Waals surface area (Å²) in [6.45, 7) is 13.5. The second-order valence-corrected chi connectivity index (χ2v) is 22.5. The third kappa shape index (κ3) is 8.69. The molecule has 0 saturated heterocycles. The Bertz CT molecular complexity index is 3210. The van der Waals surface area contributed by atoms with Gasteiger partial charge in [-0.1, -0.05) is 119 Å². The number of para-hydroxylation sites is 1. The van der Waals surface area contributed by atoms with Crippen LogP contribution < -0.4 is 5.19 Å². The zero-order chi connectivity index (χ0) is 43.2. The number of pyridine rings is 2. The Hall–Kier alpha value is -6.38. The molecule has 4 aromatic heterocycles. The molecule has 6 aromatic carbocycles. The molecule has 4 heterocycles. The van der Waals surface area contributed by atoms with Gasteiger partial charge in [-0.05, 0) is 74.8 Å². The number of halogens is 2. The summed E-state index contributed by atoms with van der Waals surface area (Å²) >= 11 is 0. The average molecular weight is 1020 g/mol. The molecule has 315 valence electrons. The number of hydrogen-bond donors (Lipinski definition) is 0. The molecule has 0 spiro atoms. The molecule has 9 heteroatoms. The van der Waals surface area contributed by atoms with Crippen LogP contribution in [-0.2, 0) is 25.5 Å². The molecular weight excluding hydrogens is 979 g/mol. The number of benzene rings is 6. The van der Waals surface area contributed by atoms with Crippen LogP contribution in [0, 0.1) is 23.8 Å². The van der Waals surface area contributed by atoms with Gasteiger partial charge < -0.3 is 14.0 Å². The maximum atomic E-state index is 15.0. The van der Waals surface area contributed by atoms with Crippen molar-refractivity contribution in [2.45, 2.75) is 45.8 Å². The molecule has 0 atom stereocenters. The van der Waals surface area contributed by atoms with E-state index < -0.39 is 8.07 Å². The number of nitrogens with zero attached hydrogens (tertiary/aromatic N) is 4. The maximum Gasteiger partial charge on any atom is 0.139 e. The first-order valence-corrected chi connectivity index (χ1v) is 24.1. The molecule has 63 heavy (non-hydrogen) atoms. The van der Waals surface area contributed by atoms with Gasteiger partial charge in [0, 0.05) is 43.6 Å². The van der Waals surface area contributed by atoms with Gasteiger partial charge in [0.05, 0.1) is 41.7 Å². The molecule has 0 unspecified atom stereocenters. The number of aromatic nitrogens is 4. The second-order valence-electron chi connectivity index (χ2n) is 17.5. The second kappa shape index (κ2) is 17.4. The third-order valence-electron chi connectivity index (χ3n) is 11.1.